The van der Waals surface area contributed by atoms with Crippen molar-refractivity contribution in [1.29, 1.82) is 5.26 Å². The second-order valence-electron chi connectivity index (χ2n) is 5.91. The third kappa shape index (κ3) is 3.84. The molecule has 6 nitrogen and oxygen atoms in total. The molecule has 3 aromatic rings. The first-order valence-electron chi connectivity index (χ1n) is 7.97. The van der Waals surface area contributed by atoms with E-state index in [0.717, 1.165) is 11.1 Å². The zero-order chi connectivity index (χ0) is 18.5. The molecule has 2 heterocycles. The van der Waals surface area contributed by atoms with E-state index >= 15 is 0 Å². The average molecular weight is 343 g/mol. The quantitative estimate of drug-likeness (QED) is 0.784. The van der Waals surface area contributed by atoms with Crippen LogP contribution in [0.2, 0.25) is 0 Å². The molecule has 0 fully saturated rings. The van der Waals surface area contributed by atoms with Gasteiger partial charge in [0.1, 0.15) is 11.9 Å². The molecule has 3 rings (SSSR count). The van der Waals surface area contributed by atoms with E-state index in [1.54, 1.807) is 37.5 Å². The van der Waals surface area contributed by atoms with E-state index in [0.29, 0.717) is 22.6 Å². The number of carbonyl (C=O) groups excluding carboxylic acids is 1. The van der Waals surface area contributed by atoms with Gasteiger partial charge in [-0.1, -0.05) is 12.1 Å². The van der Waals surface area contributed by atoms with Gasteiger partial charge >= 0.3 is 0 Å². The normalized spacial score (nSPS) is 10.0. The summed E-state index contributed by atoms with van der Waals surface area (Å²) in [5, 5.41) is 12.0. The molecule has 2 aromatic heterocycles. The Morgan fingerprint density at radius 3 is 2.38 bits per heavy atom. The van der Waals surface area contributed by atoms with Crippen molar-refractivity contribution in [3.05, 3.63) is 72.2 Å². The maximum Gasteiger partial charge on any atom is 0.253 e. The average Bonchev–Trinajstić information content (AvgIpc) is 2.68. The molecule has 0 spiro atoms. The van der Waals surface area contributed by atoms with Crippen molar-refractivity contribution in [3.63, 3.8) is 0 Å². The number of nitrogens with zero attached hydrogens (tertiary/aromatic N) is 4. The first kappa shape index (κ1) is 17.1. The molecule has 0 aliphatic heterocycles. The standard InChI is InChI=1S/C20H17N5O/c1-25(2)20(26)16-5-3-15(4-6-16)17-7-8-19(23-12-17)24-18-9-14(10-21)11-22-13-18/h3-9,11-13H,1-2H3,(H,23,24). The lowest BCUT2D eigenvalue weighted by Crippen LogP contribution is -2.21. The topological polar surface area (TPSA) is 81.9 Å². The van der Waals surface area contributed by atoms with Crippen LogP contribution < -0.4 is 5.32 Å². The van der Waals surface area contributed by atoms with E-state index in [2.05, 4.69) is 21.4 Å². The number of hydrogen-bond acceptors (Lipinski definition) is 5. The van der Waals surface area contributed by atoms with E-state index in [1.807, 2.05) is 36.4 Å². The van der Waals surface area contributed by atoms with Crippen LogP contribution in [0, 0.1) is 11.3 Å². The summed E-state index contributed by atoms with van der Waals surface area (Å²) in [6.45, 7) is 0. The molecular formula is C20H17N5O. The SMILES string of the molecule is CN(C)C(=O)c1ccc(-c2ccc(Nc3cncc(C#N)c3)nc2)cc1. The molecule has 0 saturated carbocycles. The minimum Gasteiger partial charge on any atom is -0.345 e. The minimum absolute atomic E-state index is 0.0255. The van der Waals surface area contributed by atoms with Crippen LogP contribution in [0.4, 0.5) is 11.5 Å². The highest BCUT2D eigenvalue weighted by Crippen LogP contribution is 2.22. The monoisotopic (exact) mass is 343 g/mol. The second-order valence-corrected chi connectivity index (χ2v) is 5.91. The van der Waals surface area contributed by atoms with E-state index < -0.39 is 0 Å². The highest BCUT2D eigenvalue weighted by atomic mass is 16.2. The molecule has 6 heteroatoms. The Morgan fingerprint density at radius 2 is 1.77 bits per heavy atom. The Kier molecular flexibility index (Phi) is 4.90. The van der Waals surface area contributed by atoms with Crippen molar-refractivity contribution in [1.82, 2.24) is 14.9 Å². The van der Waals surface area contributed by atoms with Gasteiger partial charge in [-0.2, -0.15) is 5.26 Å². The van der Waals surface area contributed by atoms with E-state index in [-0.39, 0.29) is 5.91 Å². The van der Waals surface area contributed by atoms with Gasteiger partial charge in [0.25, 0.3) is 5.91 Å². The summed E-state index contributed by atoms with van der Waals surface area (Å²) in [4.78, 5) is 21.9. The lowest BCUT2D eigenvalue weighted by atomic mass is 10.1. The molecule has 1 amide bonds. The van der Waals surface area contributed by atoms with Gasteiger partial charge in [-0.15, -0.1) is 0 Å². The van der Waals surface area contributed by atoms with Crippen molar-refractivity contribution in [2.45, 2.75) is 0 Å². The van der Waals surface area contributed by atoms with Gasteiger partial charge in [-0.3, -0.25) is 9.78 Å². The fourth-order valence-corrected chi connectivity index (χ4v) is 2.42. The molecule has 1 N–H and O–H groups in total. The predicted molar refractivity (Wildman–Crippen MR) is 99.9 cm³/mol. The van der Waals surface area contributed by atoms with Crippen LogP contribution >= 0.6 is 0 Å². The summed E-state index contributed by atoms with van der Waals surface area (Å²) < 4.78 is 0. The molecule has 0 saturated heterocycles. The summed E-state index contributed by atoms with van der Waals surface area (Å²) in [5.41, 5.74) is 3.76. The van der Waals surface area contributed by atoms with Crippen LogP contribution in [0.25, 0.3) is 11.1 Å². The van der Waals surface area contributed by atoms with Gasteiger partial charge in [0.05, 0.1) is 17.4 Å². The summed E-state index contributed by atoms with van der Waals surface area (Å²) in [7, 11) is 3.46. The molecule has 128 valence electrons. The molecule has 0 unspecified atom stereocenters. The second kappa shape index (κ2) is 7.45. The molecule has 0 aliphatic rings. The van der Waals surface area contributed by atoms with Crippen LogP contribution in [-0.4, -0.2) is 34.9 Å². The maximum atomic E-state index is 11.9. The van der Waals surface area contributed by atoms with Crippen molar-refractivity contribution >= 4 is 17.4 Å². The fraction of sp³-hybridized carbons (Fsp3) is 0.100. The summed E-state index contributed by atoms with van der Waals surface area (Å²) in [5.74, 6) is 0.632. The van der Waals surface area contributed by atoms with Gasteiger partial charge in [0.15, 0.2) is 0 Å². The zero-order valence-electron chi connectivity index (χ0n) is 14.5. The smallest absolute Gasteiger partial charge is 0.253 e. The largest absolute Gasteiger partial charge is 0.345 e. The lowest BCUT2D eigenvalue weighted by Gasteiger charge is -2.11. The van der Waals surface area contributed by atoms with Gasteiger partial charge in [0.2, 0.25) is 0 Å². The number of anilines is 2. The Morgan fingerprint density at radius 1 is 1.04 bits per heavy atom. The fourth-order valence-electron chi connectivity index (χ4n) is 2.42. The Hall–Kier alpha value is -3.72. The molecule has 0 atom stereocenters. The van der Waals surface area contributed by atoms with Crippen LogP contribution in [0.5, 0.6) is 0 Å². The van der Waals surface area contributed by atoms with Crippen molar-refractivity contribution in [2.24, 2.45) is 0 Å². The van der Waals surface area contributed by atoms with Crippen LogP contribution in [0.3, 0.4) is 0 Å². The summed E-state index contributed by atoms with van der Waals surface area (Å²) >= 11 is 0. The number of pyridine rings is 2. The first-order chi connectivity index (χ1) is 12.6. The van der Waals surface area contributed by atoms with Gasteiger partial charge < -0.3 is 10.2 Å². The Balaban J connectivity index is 1.75. The highest BCUT2D eigenvalue weighted by molar-refractivity contribution is 5.94. The number of nitriles is 1. The van der Waals surface area contributed by atoms with Crippen molar-refractivity contribution < 1.29 is 4.79 Å². The van der Waals surface area contributed by atoms with Crippen LogP contribution in [0.1, 0.15) is 15.9 Å². The maximum absolute atomic E-state index is 11.9. The van der Waals surface area contributed by atoms with Gasteiger partial charge in [-0.05, 0) is 35.9 Å². The number of benzene rings is 1. The molecule has 0 bridgehead atoms. The Labute approximate surface area is 151 Å². The number of rotatable bonds is 4. The molecule has 1 aromatic carbocycles. The van der Waals surface area contributed by atoms with Gasteiger partial charge in [-0.25, -0.2) is 4.98 Å². The number of aromatic nitrogens is 2. The molecule has 0 aliphatic carbocycles. The number of hydrogen-bond donors (Lipinski definition) is 1. The number of amides is 1. The van der Waals surface area contributed by atoms with Crippen molar-refractivity contribution in [3.8, 4) is 17.2 Å². The van der Waals surface area contributed by atoms with E-state index in [4.69, 9.17) is 5.26 Å². The summed E-state index contributed by atoms with van der Waals surface area (Å²) in [6.07, 6.45) is 4.90. The lowest BCUT2D eigenvalue weighted by molar-refractivity contribution is 0.0827. The third-order valence-corrected chi connectivity index (χ3v) is 3.77. The van der Waals surface area contributed by atoms with Gasteiger partial charge in [0, 0.05) is 37.6 Å². The van der Waals surface area contributed by atoms with E-state index in [9.17, 15) is 4.79 Å². The highest BCUT2D eigenvalue weighted by Gasteiger charge is 2.08. The zero-order valence-corrected chi connectivity index (χ0v) is 14.5. The number of carbonyl (C=O) groups is 1. The third-order valence-electron chi connectivity index (χ3n) is 3.77. The number of nitrogens with one attached hydrogen (secondary N) is 1. The van der Waals surface area contributed by atoms with Crippen molar-refractivity contribution in [2.75, 3.05) is 19.4 Å². The van der Waals surface area contributed by atoms with E-state index in [1.165, 1.54) is 6.20 Å². The molecular weight excluding hydrogens is 326 g/mol. The Bertz CT molecular complexity index is 957. The summed E-state index contributed by atoms with van der Waals surface area (Å²) in [6, 6.07) is 15.0. The predicted octanol–water partition coefficient (Wildman–Crippen LogP) is 3.46. The first-order valence-corrected chi connectivity index (χ1v) is 7.97. The van der Waals surface area contributed by atoms with Crippen LogP contribution in [0.15, 0.2) is 61.1 Å². The molecule has 0 radical (unpaired) electrons. The molecule has 26 heavy (non-hydrogen) atoms. The van der Waals surface area contributed by atoms with Crippen LogP contribution in [-0.2, 0) is 0 Å². The minimum atomic E-state index is -0.0255.